The summed E-state index contributed by atoms with van der Waals surface area (Å²) in [6, 6.07) is 5.61. The molecule has 0 atom stereocenters. The van der Waals surface area contributed by atoms with Crippen LogP contribution in [0.2, 0.25) is 0 Å². The molecule has 0 unspecified atom stereocenters. The molecular formula is C12H15FN4O2S. The number of nitrogens with two attached hydrogens (primary N) is 1. The van der Waals surface area contributed by atoms with Gasteiger partial charge in [0.2, 0.25) is 10.0 Å². The van der Waals surface area contributed by atoms with Crippen LogP contribution >= 0.6 is 0 Å². The Labute approximate surface area is 116 Å². The second-order valence-electron chi connectivity index (χ2n) is 4.09. The Morgan fingerprint density at radius 2 is 2.15 bits per heavy atom. The van der Waals surface area contributed by atoms with E-state index in [1.165, 1.54) is 18.2 Å². The average molecular weight is 298 g/mol. The number of hydrogen-bond donors (Lipinski definition) is 2. The lowest BCUT2D eigenvalue weighted by Gasteiger charge is -2.11. The number of hydrogen-bond acceptors (Lipinski definition) is 4. The van der Waals surface area contributed by atoms with E-state index in [9.17, 15) is 12.8 Å². The maximum atomic E-state index is 13.5. The molecule has 0 bridgehead atoms. The highest BCUT2D eigenvalue weighted by Gasteiger charge is 2.19. The fourth-order valence-electron chi connectivity index (χ4n) is 1.79. The Morgan fingerprint density at radius 1 is 1.35 bits per heavy atom. The average Bonchev–Trinajstić information content (AvgIpc) is 2.91. The van der Waals surface area contributed by atoms with Crippen molar-refractivity contribution in [3.05, 3.63) is 48.0 Å². The first-order chi connectivity index (χ1) is 9.54. The summed E-state index contributed by atoms with van der Waals surface area (Å²) in [5, 5.41) is 3.96. The van der Waals surface area contributed by atoms with Crippen LogP contribution in [-0.4, -0.2) is 24.7 Å². The highest BCUT2D eigenvalue weighted by atomic mass is 32.2. The number of rotatable bonds is 6. The predicted octanol–water partition coefficient (Wildman–Crippen LogP) is 0.459. The van der Waals surface area contributed by atoms with E-state index in [0.717, 1.165) is 0 Å². The summed E-state index contributed by atoms with van der Waals surface area (Å²) in [5.74, 6) is -0.623. The van der Waals surface area contributed by atoms with Crippen molar-refractivity contribution in [1.29, 1.82) is 0 Å². The van der Waals surface area contributed by atoms with Gasteiger partial charge in [0.1, 0.15) is 5.82 Å². The van der Waals surface area contributed by atoms with E-state index in [-0.39, 0.29) is 23.5 Å². The van der Waals surface area contributed by atoms with E-state index in [1.807, 2.05) is 0 Å². The third kappa shape index (κ3) is 3.21. The third-order valence-corrected chi connectivity index (χ3v) is 4.31. The summed E-state index contributed by atoms with van der Waals surface area (Å²) in [6.07, 6.45) is 3.33. The summed E-state index contributed by atoms with van der Waals surface area (Å²) in [5.41, 5.74) is 5.39. The molecule has 2 aromatic rings. The molecule has 0 spiro atoms. The largest absolute Gasteiger partial charge is 0.326 e. The monoisotopic (exact) mass is 298 g/mol. The van der Waals surface area contributed by atoms with E-state index in [1.54, 1.807) is 23.1 Å². The molecule has 0 radical (unpaired) electrons. The van der Waals surface area contributed by atoms with E-state index in [0.29, 0.717) is 6.54 Å². The molecule has 0 aliphatic carbocycles. The topological polar surface area (TPSA) is 90.0 Å². The molecule has 1 heterocycles. The molecule has 1 aromatic carbocycles. The minimum Gasteiger partial charge on any atom is -0.326 e. The van der Waals surface area contributed by atoms with Crippen molar-refractivity contribution in [2.75, 3.05) is 6.54 Å². The highest BCUT2D eigenvalue weighted by Crippen LogP contribution is 2.18. The van der Waals surface area contributed by atoms with E-state index >= 15 is 0 Å². The van der Waals surface area contributed by atoms with Crippen LogP contribution in [0.1, 0.15) is 5.56 Å². The van der Waals surface area contributed by atoms with E-state index in [4.69, 9.17) is 5.73 Å². The third-order valence-electron chi connectivity index (χ3n) is 2.76. The molecule has 0 aliphatic rings. The van der Waals surface area contributed by atoms with Crippen molar-refractivity contribution in [1.82, 2.24) is 14.5 Å². The molecule has 2 rings (SSSR count). The number of nitrogens with one attached hydrogen (secondary N) is 1. The second-order valence-corrected chi connectivity index (χ2v) is 5.82. The van der Waals surface area contributed by atoms with Crippen LogP contribution in [0, 0.1) is 5.82 Å². The van der Waals surface area contributed by atoms with E-state index in [2.05, 4.69) is 9.82 Å². The lowest BCUT2D eigenvalue weighted by Crippen LogP contribution is -2.29. The van der Waals surface area contributed by atoms with Crippen LogP contribution < -0.4 is 10.5 Å². The molecule has 108 valence electrons. The first kappa shape index (κ1) is 14.6. The zero-order valence-corrected chi connectivity index (χ0v) is 11.5. The predicted molar refractivity (Wildman–Crippen MR) is 71.7 cm³/mol. The molecular weight excluding hydrogens is 283 g/mol. The van der Waals surface area contributed by atoms with Gasteiger partial charge in [-0.25, -0.2) is 17.5 Å². The molecule has 0 aliphatic heterocycles. The van der Waals surface area contributed by atoms with Gasteiger partial charge in [-0.15, -0.1) is 0 Å². The lowest BCUT2D eigenvalue weighted by atomic mass is 10.2. The lowest BCUT2D eigenvalue weighted by molar-refractivity contribution is 0.555. The van der Waals surface area contributed by atoms with Crippen molar-refractivity contribution < 1.29 is 12.8 Å². The van der Waals surface area contributed by atoms with Gasteiger partial charge in [0.25, 0.3) is 0 Å². The van der Waals surface area contributed by atoms with Gasteiger partial charge in [0.15, 0.2) is 0 Å². The van der Waals surface area contributed by atoms with Crippen molar-refractivity contribution in [2.45, 2.75) is 18.0 Å². The SMILES string of the molecule is NCc1c(F)cccc1S(=O)(=O)NCCn1cccn1. The minimum atomic E-state index is -3.79. The van der Waals surface area contributed by atoms with Crippen molar-refractivity contribution in [3.8, 4) is 0 Å². The Hall–Kier alpha value is -1.77. The van der Waals surface area contributed by atoms with Gasteiger partial charge in [0, 0.05) is 31.0 Å². The Balaban J connectivity index is 2.12. The van der Waals surface area contributed by atoms with Gasteiger partial charge in [0.05, 0.1) is 11.4 Å². The van der Waals surface area contributed by atoms with Crippen LogP contribution in [0.15, 0.2) is 41.6 Å². The van der Waals surface area contributed by atoms with Crippen LogP contribution in [0.4, 0.5) is 4.39 Å². The van der Waals surface area contributed by atoms with Crippen LogP contribution in [0.25, 0.3) is 0 Å². The molecule has 0 fully saturated rings. The Bertz CT molecular complexity index is 671. The maximum absolute atomic E-state index is 13.5. The van der Waals surface area contributed by atoms with Gasteiger partial charge in [-0.2, -0.15) is 5.10 Å². The van der Waals surface area contributed by atoms with E-state index < -0.39 is 15.8 Å². The van der Waals surface area contributed by atoms with Crippen LogP contribution in [0.5, 0.6) is 0 Å². The molecule has 20 heavy (non-hydrogen) atoms. The molecule has 8 heteroatoms. The molecule has 0 amide bonds. The molecule has 0 saturated heterocycles. The van der Waals surface area contributed by atoms with Crippen LogP contribution in [0.3, 0.4) is 0 Å². The molecule has 0 saturated carbocycles. The number of nitrogens with zero attached hydrogens (tertiary/aromatic N) is 2. The van der Waals surface area contributed by atoms with Gasteiger partial charge < -0.3 is 5.73 Å². The fourth-order valence-corrected chi connectivity index (χ4v) is 3.07. The zero-order chi connectivity index (χ0) is 14.6. The fraction of sp³-hybridized carbons (Fsp3) is 0.250. The minimum absolute atomic E-state index is 0.0147. The number of halogens is 1. The summed E-state index contributed by atoms with van der Waals surface area (Å²) < 4.78 is 41.8. The van der Waals surface area contributed by atoms with Gasteiger partial charge >= 0.3 is 0 Å². The zero-order valence-electron chi connectivity index (χ0n) is 10.7. The van der Waals surface area contributed by atoms with Gasteiger partial charge in [-0.05, 0) is 18.2 Å². The van der Waals surface area contributed by atoms with Gasteiger partial charge in [-0.3, -0.25) is 4.68 Å². The summed E-state index contributed by atoms with van der Waals surface area (Å²) in [6.45, 7) is 0.367. The van der Waals surface area contributed by atoms with Crippen molar-refractivity contribution in [3.63, 3.8) is 0 Å². The van der Waals surface area contributed by atoms with Crippen molar-refractivity contribution >= 4 is 10.0 Å². The Morgan fingerprint density at radius 3 is 2.80 bits per heavy atom. The highest BCUT2D eigenvalue weighted by molar-refractivity contribution is 7.89. The van der Waals surface area contributed by atoms with Gasteiger partial charge in [-0.1, -0.05) is 6.07 Å². The number of aromatic nitrogens is 2. The van der Waals surface area contributed by atoms with Crippen LogP contribution in [-0.2, 0) is 23.1 Å². The molecule has 3 N–H and O–H groups in total. The standard InChI is InChI=1S/C12H15FN4O2S/c13-11-3-1-4-12(10(11)9-14)20(18,19)16-6-8-17-7-2-5-15-17/h1-5,7,16H,6,8-9,14H2. The maximum Gasteiger partial charge on any atom is 0.241 e. The quantitative estimate of drug-likeness (QED) is 0.810. The second kappa shape index (κ2) is 6.12. The smallest absolute Gasteiger partial charge is 0.241 e. The summed E-state index contributed by atoms with van der Waals surface area (Å²) in [4.78, 5) is -0.125. The first-order valence-corrected chi connectivity index (χ1v) is 7.47. The number of sulfonamides is 1. The molecule has 1 aromatic heterocycles. The first-order valence-electron chi connectivity index (χ1n) is 5.99. The normalized spacial score (nSPS) is 11.7. The summed E-state index contributed by atoms with van der Waals surface area (Å²) >= 11 is 0. The van der Waals surface area contributed by atoms with Crippen molar-refractivity contribution in [2.24, 2.45) is 5.73 Å². The number of benzene rings is 1. The summed E-state index contributed by atoms with van der Waals surface area (Å²) in [7, 11) is -3.79. The molecule has 6 nitrogen and oxygen atoms in total. The Kier molecular flexibility index (Phi) is 4.48.